The van der Waals surface area contributed by atoms with Gasteiger partial charge in [-0.25, -0.2) is 4.79 Å². The predicted octanol–water partition coefficient (Wildman–Crippen LogP) is 1.91. The topological polar surface area (TPSA) is 91.3 Å². The van der Waals surface area contributed by atoms with Gasteiger partial charge in [0.25, 0.3) is 0 Å². The van der Waals surface area contributed by atoms with E-state index < -0.39 is 11.9 Å². The van der Waals surface area contributed by atoms with E-state index in [1.807, 2.05) is 0 Å². The number of ether oxygens (including phenoxy) is 4. The number of hydrogen-bond acceptors (Lipinski definition) is 6. The van der Waals surface area contributed by atoms with Crippen LogP contribution in [0.4, 0.5) is 0 Å². The molecule has 0 atom stereocenters. The molecule has 0 fully saturated rings. The van der Waals surface area contributed by atoms with E-state index in [1.54, 1.807) is 6.92 Å². The minimum atomic E-state index is -1.17. The van der Waals surface area contributed by atoms with Crippen LogP contribution in [0.1, 0.15) is 29.3 Å². The van der Waals surface area contributed by atoms with Gasteiger partial charge in [0.1, 0.15) is 5.56 Å². The van der Waals surface area contributed by atoms with Crippen LogP contribution in [-0.4, -0.2) is 45.0 Å². The zero-order valence-corrected chi connectivity index (χ0v) is 13.1. The van der Waals surface area contributed by atoms with E-state index in [0.29, 0.717) is 11.3 Å². The molecule has 0 unspecified atom stereocenters. The quantitative estimate of drug-likeness (QED) is 0.733. The number of esters is 1. The summed E-state index contributed by atoms with van der Waals surface area (Å²) in [5.41, 5.74) is 0.361. The van der Waals surface area contributed by atoms with Crippen LogP contribution in [0.2, 0.25) is 0 Å². The molecule has 0 radical (unpaired) electrons. The zero-order valence-electron chi connectivity index (χ0n) is 13.1. The predicted molar refractivity (Wildman–Crippen MR) is 78.0 cm³/mol. The number of carbonyl (C=O) groups is 2. The monoisotopic (exact) mass is 312 g/mol. The van der Waals surface area contributed by atoms with Crippen molar-refractivity contribution in [1.29, 1.82) is 0 Å². The maximum Gasteiger partial charge on any atom is 0.339 e. The molecule has 0 aliphatic rings. The number of rotatable bonds is 8. The number of methoxy groups -OCH3 is 3. The van der Waals surface area contributed by atoms with Crippen LogP contribution >= 0.6 is 0 Å². The summed E-state index contributed by atoms with van der Waals surface area (Å²) in [4.78, 5) is 23.0. The summed E-state index contributed by atoms with van der Waals surface area (Å²) in [5, 5.41) is 9.44. The van der Waals surface area contributed by atoms with Crippen LogP contribution in [-0.2, 0) is 16.0 Å². The summed E-state index contributed by atoms with van der Waals surface area (Å²) < 4.78 is 20.4. The van der Waals surface area contributed by atoms with Crippen LogP contribution < -0.4 is 14.2 Å². The lowest BCUT2D eigenvalue weighted by molar-refractivity contribution is -0.143. The van der Waals surface area contributed by atoms with Crippen LogP contribution in [0.25, 0.3) is 0 Å². The Labute approximate surface area is 128 Å². The first-order valence-corrected chi connectivity index (χ1v) is 6.70. The van der Waals surface area contributed by atoms with Crippen molar-refractivity contribution < 1.29 is 33.6 Å². The van der Waals surface area contributed by atoms with E-state index in [2.05, 4.69) is 0 Å². The van der Waals surface area contributed by atoms with Crippen LogP contribution in [0.5, 0.6) is 17.2 Å². The van der Waals surface area contributed by atoms with Crippen molar-refractivity contribution in [2.75, 3.05) is 27.9 Å². The van der Waals surface area contributed by atoms with Crippen LogP contribution in [0.15, 0.2) is 6.07 Å². The molecule has 0 spiro atoms. The summed E-state index contributed by atoms with van der Waals surface area (Å²) in [6.45, 7) is 1.99. The number of carbonyl (C=O) groups excluding carboxylic acids is 1. The molecule has 0 saturated carbocycles. The fraction of sp³-hybridized carbons (Fsp3) is 0.467. The molecular formula is C15H20O7. The molecule has 0 heterocycles. The SMILES string of the molecule is CCOC(=O)CCc1cc(OC)c(OC)c(OC)c1C(=O)O. The maximum atomic E-state index is 11.5. The summed E-state index contributed by atoms with van der Waals surface area (Å²) in [7, 11) is 4.18. The van der Waals surface area contributed by atoms with Gasteiger partial charge in [-0.1, -0.05) is 0 Å². The molecule has 1 aromatic rings. The average Bonchev–Trinajstić information content (AvgIpc) is 2.50. The zero-order chi connectivity index (χ0) is 16.7. The van der Waals surface area contributed by atoms with Gasteiger partial charge in [-0.15, -0.1) is 0 Å². The molecule has 7 nitrogen and oxygen atoms in total. The highest BCUT2D eigenvalue weighted by molar-refractivity contribution is 5.94. The van der Waals surface area contributed by atoms with Gasteiger partial charge in [-0.05, 0) is 25.0 Å². The van der Waals surface area contributed by atoms with Gasteiger partial charge < -0.3 is 24.1 Å². The normalized spacial score (nSPS) is 10.0. The number of aryl methyl sites for hydroxylation is 1. The molecule has 0 saturated heterocycles. The first-order chi connectivity index (χ1) is 10.5. The molecule has 7 heteroatoms. The molecule has 22 heavy (non-hydrogen) atoms. The van der Waals surface area contributed by atoms with E-state index in [1.165, 1.54) is 27.4 Å². The van der Waals surface area contributed by atoms with Crippen molar-refractivity contribution in [2.24, 2.45) is 0 Å². The molecule has 1 rings (SSSR count). The van der Waals surface area contributed by atoms with Crippen molar-refractivity contribution in [2.45, 2.75) is 19.8 Å². The summed E-state index contributed by atoms with van der Waals surface area (Å²) in [6, 6.07) is 1.53. The van der Waals surface area contributed by atoms with E-state index in [4.69, 9.17) is 18.9 Å². The third-order valence-corrected chi connectivity index (χ3v) is 3.03. The molecule has 0 amide bonds. The van der Waals surface area contributed by atoms with E-state index in [-0.39, 0.29) is 36.5 Å². The average molecular weight is 312 g/mol. The highest BCUT2D eigenvalue weighted by atomic mass is 16.5. The Hall–Kier alpha value is -2.44. The van der Waals surface area contributed by atoms with E-state index >= 15 is 0 Å². The number of aromatic carboxylic acids is 1. The highest BCUT2D eigenvalue weighted by Crippen LogP contribution is 2.42. The van der Waals surface area contributed by atoms with E-state index in [0.717, 1.165) is 0 Å². The second-order valence-electron chi connectivity index (χ2n) is 4.29. The van der Waals surface area contributed by atoms with Crippen molar-refractivity contribution in [1.82, 2.24) is 0 Å². The number of benzene rings is 1. The maximum absolute atomic E-state index is 11.5. The van der Waals surface area contributed by atoms with E-state index in [9.17, 15) is 14.7 Å². The third kappa shape index (κ3) is 3.81. The first kappa shape index (κ1) is 17.6. The highest BCUT2D eigenvalue weighted by Gasteiger charge is 2.25. The fourth-order valence-corrected chi connectivity index (χ4v) is 2.11. The number of hydrogen-bond donors (Lipinski definition) is 1. The van der Waals surface area contributed by atoms with Crippen LogP contribution in [0.3, 0.4) is 0 Å². The Morgan fingerprint density at radius 1 is 1.09 bits per heavy atom. The third-order valence-electron chi connectivity index (χ3n) is 3.03. The molecule has 1 aromatic carbocycles. The van der Waals surface area contributed by atoms with Gasteiger partial charge in [-0.2, -0.15) is 0 Å². The lowest BCUT2D eigenvalue weighted by Crippen LogP contribution is -2.11. The first-order valence-electron chi connectivity index (χ1n) is 6.70. The van der Waals surface area contributed by atoms with Gasteiger partial charge in [0, 0.05) is 6.42 Å². The Morgan fingerprint density at radius 2 is 1.73 bits per heavy atom. The second-order valence-corrected chi connectivity index (χ2v) is 4.29. The lowest BCUT2D eigenvalue weighted by Gasteiger charge is -2.17. The molecule has 1 N–H and O–H groups in total. The molecule has 0 aromatic heterocycles. The van der Waals surface area contributed by atoms with Crippen molar-refractivity contribution in [3.63, 3.8) is 0 Å². The molecule has 122 valence electrons. The standard InChI is InChI=1S/C15H20O7/c1-5-22-11(16)7-6-9-8-10(19-2)13(20-3)14(21-4)12(9)15(17)18/h8H,5-7H2,1-4H3,(H,17,18). The van der Waals surface area contributed by atoms with Crippen LogP contribution in [0, 0.1) is 0 Å². The molecule has 0 aliphatic heterocycles. The summed E-state index contributed by atoms with van der Waals surface area (Å²) >= 11 is 0. The van der Waals surface area contributed by atoms with Gasteiger partial charge in [0.15, 0.2) is 11.5 Å². The number of carboxylic acid groups (broad SMARTS) is 1. The Bertz CT molecular complexity index is 551. The second kappa shape index (κ2) is 8.11. The Balaban J connectivity index is 3.30. The van der Waals surface area contributed by atoms with Gasteiger partial charge in [0.05, 0.1) is 27.9 Å². The van der Waals surface area contributed by atoms with Crippen molar-refractivity contribution >= 4 is 11.9 Å². The molecule has 0 aliphatic carbocycles. The van der Waals surface area contributed by atoms with Gasteiger partial charge in [0.2, 0.25) is 5.75 Å². The van der Waals surface area contributed by atoms with Crippen molar-refractivity contribution in [3.8, 4) is 17.2 Å². The molecule has 0 bridgehead atoms. The number of carboxylic acids is 1. The van der Waals surface area contributed by atoms with Gasteiger partial charge >= 0.3 is 11.9 Å². The minimum Gasteiger partial charge on any atom is -0.493 e. The van der Waals surface area contributed by atoms with Gasteiger partial charge in [-0.3, -0.25) is 4.79 Å². The molecular weight excluding hydrogens is 292 g/mol. The minimum absolute atomic E-state index is 0.0514. The smallest absolute Gasteiger partial charge is 0.339 e. The summed E-state index contributed by atoms with van der Waals surface area (Å²) in [6.07, 6.45) is 0.254. The largest absolute Gasteiger partial charge is 0.493 e. The summed E-state index contributed by atoms with van der Waals surface area (Å²) in [5.74, 6) is -0.969. The Kier molecular flexibility index (Phi) is 6.49. The fourth-order valence-electron chi connectivity index (χ4n) is 2.11. The van der Waals surface area contributed by atoms with Crippen molar-refractivity contribution in [3.05, 3.63) is 17.2 Å². The lowest BCUT2D eigenvalue weighted by atomic mass is 10.0. The Morgan fingerprint density at radius 3 is 2.18 bits per heavy atom.